The van der Waals surface area contributed by atoms with Gasteiger partial charge < -0.3 is 19.8 Å². The third kappa shape index (κ3) is 4.84. The standard InChI is InChI=1S/C22H25ClN4O5S/c1-2-7-27-20-6-4-16(33(29,30)26-8-10-31-11-9-26)13-19(20)25-21(27)14-32-22(28)15-3-5-17(23)18(24)12-15/h3-6,12-13H,2,7-11,14,24H2,1H3. The van der Waals surface area contributed by atoms with Crippen LogP contribution < -0.4 is 5.73 Å². The monoisotopic (exact) mass is 492 g/mol. The van der Waals surface area contributed by atoms with Crippen molar-refractivity contribution in [2.24, 2.45) is 0 Å². The van der Waals surface area contributed by atoms with Gasteiger partial charge in [-0.05, 0) is 42.8 Å². The van der Waals surface area contributed by atoms with Crippen molar-refractivity contribution in [3.63, 3.8) is 0 Å². The Morgan fingerprint density at radius 3 is 2.67 bits per heavy atom. The minimum Gasteiger partial charge on any atom is -0.454 e. The number of nitrogen functional groups attached to an aromatic ring is 1. The zero-order valence-electron chi connectivity index (χ0n) is 18.2. The fourth-order valence-corrected chi connectivity index (χ4v) is 5.27. The van der Waals surface area contributed by atoms with Crippen molar-refractivity contribution >= 4 is 44.3 Å². The maximum Gasteiger partial charge on any atom is 0.338 e. The maximum absolute atomic E-state index is 13.0. The van der Waals surface area contributed by atoms with Gasteiger partial charge in [-0.2, -0.15) is 4.31 Å². The summed E-state index contributed by atoms with van der Waals surface area (Å²) in [5.41, 5.74) is 7.65. The molecule has 2 heterocycles. The van der Waals surface area contributed by atoms with Crippen LogP contribution in [0.2, 0.25) is 5.02 Å². The fourth-order valence-electron chi connectivity index (χ4n) is 3.72. The van der Waals surface area contributed by atoms with Gasteiger partial charge in [0.05, 0.1) is 45.4 Å². The van der Waals surface area contributed by atoms with E-state index in [0.717, 1.165) is 11.9 Å². The second-order valence-electron chi connectivity index (χ2n) is 7.66. The third-order valence-electron chi connectivity index (χ3n) is 5.42. The zero-order chi connectivity index (χ0) is 23.6. The number of sulfonamides is 1. The highest BCUT2D eigenvalue weighted by Gasteiger charge is 2.27. The van der Waals surface area contributed by atoms with E-state index < -0.39 is 16.0 Å². The van der Waals surface area contributed by atoms with Crippen LogP contribution in [0, 0.1) is 0 Å². The lowest BCUT2D eigenvalue weighted by molar-refractivity contribution is 0.0458. The Kier molecular flexibility index (Phi) is 6.89. The van der Waals surface area contributed by atoms with E-state index >= 15 is 0 Å². The Morgan fingerprint density at radius 1 is 1.21 bits per heavy atom. The fraction of sp³-hybridized carbons (Fsp3) is 0.364. The summed E-state index contributed by atoms with van der Waals surface area (Å²) in [6, 6.07) is 9.44. The molecule has 0 radical (unpaired) electrons. The van der Waals surface area contributed by atoms with E-state index in [9.17, 15) is 13.2 Å². The highest BCUT2D eigenvalue weighted by Crippen LogP contribution is 2.25. The summed E-state index contributed by atoms with van der Waals surface area (Å²) < 4.78 is 40.1. The molecule has 0 saturated carbocycles. The van der Waals surface area contributed by atoms with Crippen molar-refractivity contribution in [2.75, 3.05) is 32.0 Å². The molecule has 2 aromatic carbocycles. The van der Waals surface area contributed by atoms with Crippen LogP contribution in [0.25, 0.3) is 11.0 Å². The zero-order valence-corrected chi connectivity index (χ0v) is 19.7. The summed E-state index contributed by atoms with van der Waals surface area (Å²) in [7, 11) is -3.64. The molecule has 1 aliphatic rings. The number of aryl methyl sites for hydroxylation is 1. The molecular formula is C22H25ClN4O5S. The molecule has 0 bridgehead atoms. The van der Waals surface area contributed by atoms with Crippen LogP contribution >= 0.6 is 11.6 Å². The van der Waals surface area contributed by atoms with Crippen LogP contribution in [0.1, 0.15) is 29.5 Å². The lowest BCUT2D eigenvalue weighted by Crippen LogP contribution is -2.40. The molecule has 1 fully saturated rings. The van der Waals surface area contributed by atoms with E-state index in [1.54, 1.807) is 24.3 Å². The van der Waals surface area contributed by atoms with Gasteiger partial charge in [0.15, 0.2) is 0 Å². The molecule has 1 aliphatic heterocycles. The van der Waals surface area contributed by atoms with E-state index in [2.05, 4.69) is 4.98 Å². The summed E-state index contributed by atoms with van der Waals surface area (Å²) in [5, 5.41) is 0.360. The molecule has 11 heteroatoms. The number of aromatic nitrogens is 2. The molecule has 1 aromatic heterocycles. The first kappa shape index (κ1) is 23.5. The van der Waals surface area contributed by atoms with Gasteiger partial charge >= 0.3 is 5.97 Å². The highest BCUT2D eigenvalue weighted by atomic mass is 35.5. The number of morpholine rings is 1. The first-order valence-corrected chi connectivity index (χ1v) is 12.4. The van der Waals surface area contributed by atoms with Gasteiger partial charge in [-0.15, -0.1) is 0 Å². The number of rotatable bonds is 7. The number of carbonyl (C=O) groups is 1. The summed E-state index contributed by atoms with van der Waals surface area (Å²) in [6.45, 7) is 3.99. The predicted octanol–water partition coefficient (Wildman–Crippen LogP) is 3.06. The van der Waals surface area contributed by atoms with E-state index in [4.69, 9.17) is 26.8 Å². The molecule has 0 aliphatic carbocycles. The van der Waals surface area contributed by atoms with Crippen LogP contribution in [-0.4, -0.2) is 54.5 Å². The van der Waals surface area contributed by atoms with Crippen LogP contribution in [0.15, 0.2) is 41.3 Å². The molecule has 0 spiro atoms. The maximum atomic E-state index is 13.0. The Labute approximate surface area is 197 Å². The highest BCUT2D eigenvalue weighted by molar-refractivity contribution is 7.89. The Morgan fingerprint density at radius 2 is 1.97 bits per heavy atom. The topological polar surface area (TPSA) is 117 Å². The first-order valence-electron chi connectivity index (χ1n) is 10.6. The van der Waals surface area contributed by atoms with E-state index in [1.165, 1.54) is 16.4 Å². The average molecular weight is 493 g/mol. The normalized spacial score (nSPS) is 15.1. The van der Waals surface area contributed by atoms with Gasteiger partial charge in [0.1, 0.15) is 12.4 Å². The minimum absolute atomic E-state index is 0.0679. The van der Waals surface area contributed by atoms with Crippen LogP contribution in [0.3, 0.4) is 0 Å². The van der Waals surface area contributed by atoms with Crippen molar-refractivity contribution in [2.45, 2.75) is 31.4 Å². The van der Waals surface area contributed by atoms with E-state index in [-0.39, 0.29) is 17.1 Å². The second-order valence-corrected chi connectivity index (χ2v) is 10.0. The van der Waals surface area contributed by atoms with Gasteiger partial charge in [0, 0.05) is 19.6 Å². The number of imidazole rings is 1. The Bertz CT molecular complexity index is 1290. The molecule has 0 atom stereocenters. The van der Waals surface area contributed by atoms with Crippen LogP contribution in [-0.2, 0) is 32.6 Å². The number of carbonyl (C=O) groups excluding carboxylic acids is 1. The quantitative estimate of drug-likeness (QED) is 0.398. The largest absolute Gasteiger partial charge is 0.454 e. The van der Waals surface area contributed by atoms with Gasteiger partial charge in [0.2, 0.25) is 10.0 Å². The molecule has 33 heavy (non-hydrogen) atoms. The number of anilines is 1. The number of benzene rings is 2. The van der Waals surface area contributed by atoms with E-state index in [0.29, 0.717) is 54.9 Å². The molecule has 176 valence electrons. The van der Waals surface area contributed by atoms with Crippen molar-refractivity contribution in [1.29, 1.82) is 0 Å². The van der Waals surface area contributed by atoms with Crippen molar-refractivity contribution in [1.82, 2.24) is 13.9 Å². The van der Waals surface area contributed by atoms with Crippen LogP contribution in [0.4, 0.5) is 5.69 Å². The molecule has 9 nitrogen and oxygen atoms in total. The van der Waals surface area contributed by atoms with Gasteiger partial charge in [-0.25, -0.2) is 18.2 Å². The lowest BCUT2D eigenvalue weighted by atomic mass is 10.2. The third-order valence-corrected chi connectivity index (χ3v) is 7.66. The molecule has 0 unspecified atom stereocenters. The van der Waals surface area contributed by atoms with E-state index in [1.807, 2.05) is 11.5 Å². The predicted molar refractivity (Wildman–Crippen MR) is 125 cm³/mol. The molecular weight excluding hydrogens is 468 g/mol. The SMILES string of the molecule is CCCn1c(COC(=O)c2ccc(Cl)c(N)c2)nc2cc(S(=O)(=O)N3CCOCC3)ccc21. The number of ether oxygens (including phenoxy) is 2. The van der Waals surface area contributed by atoms with Gasteiger partial charge in [0.25, 0.3) is 0 Å². The summed E-state index contributed by atoms with van der Waals surface area (Å²) in [6.07, 6.45) is 0.827. The van der Waals surface area contributed by atoms with Crippen molar-refractivity contribution in [3.05, 3.63) is 52.8 Å². The number of fused-ring (bicyclic) bond motifs is 1. The number of nitrogens with zero attached hydrogens (tertiary/aromatic N) is 3. The smallest absolute Gasteiger partial charge is 0.338 e. The molecule has 2 N–H and O–H groups in total. The average Bonchev–Trinajstić information content (AvgIpc) is 3.16. The molecule has 1 saturated heterocycles. The van der Waals surface area contributed by atoms with Crippen molar-refractivity contribution < 1.29 is 22.7 Å². The van der Waals surface area contributed by atoms with Gasteiger partial charge in [-0.1, -0.05) is 18.5 Å². The summed E-state index contributed by atoms with van der Waals surface area (Å²) in [5.74, 6) is -0.0212. The molecule has 3 aromatic rings. The minimum atomic E-state index is -3.64. The second kappa shape index (κ2) is 9.68. The summed E-state index contributed by atoms with van der Waals surface area (Å²) >= 11 is 5.91. The lowest BCUT2D eigenvalue weighted by Gasteiger charge is -2.26. The molecule has 4 rings (SSSR count). The Balaban J connectivity index is 1.60. The number of hydrogen-bond donors (Lipinski definition) is 1. The van der Waals surface area contributed by atoms with Crippen LogP contribution in [0.5, 0.6) is 0 Å². The molecule has 0 amide bonds. The Hall–Kier alpha value is -2.66. The number of halogens is 1. The van der Waals surface area contributed by atoms with Gasteiger partial charge in [-0.3, -0.25) is 0 Å². The summed E-state index contributed by atoms with van der Waals surface area (Å²) in [4.78, 5) is 17.2. The number of hydrogen-bond acceptors (Lipinski definition) is 7. The first-order chi connectivity index (χ1) is 15.8. The number of nitrogens with two attached hydrogens (primary N) is 1. The number of esters is 1. The van der Waals surface area contributed by atoms with Crippen molar-refractivity contribution in [3.8, 4) is 0 Å².